The van der Waals surface area contributed by atoms with Crippen LogP contribution in [0.15, 0.2) is 12.3 Å². The molecule has 5 unspecified atom stereocenters. The van der Waals surface area contributed by atoms with Crippen molar-refractivity contribution >= 4 is 18.2 Å². The standard InChI is InChI=1S/C26H38N4O4/c1-15(2)21-18(13-27-30(21)7-6-24(3,4)29-23(33)34-5)22(32)28-20-17-8-16-9-25(14-31)12-19(20)26(25,10-16)11-17/h6-7,13,15-17,19-20,31H,8-12,14H2,1-5H3,(H,28,32)(H,29,33)/b7-6+/t16?,17?,19?,20?,25-,26?/m1/s1. The van der Waals surface area contributed by atoms with Crippen molar-refractivity contribution in [2.24, 2.45) is 28.6 Å². The summed E-state index contributed by atoms with van der Waals surface area (Å²) in [7, 11) is 1.33. The average molecular weight is 471 g/mol. The Balaban J connectivity index is 1.34. The molecule has 0 radical (unpaired) electrons. The lowest BCUT2D eigenvalue weighted by molar-refractivity contribution is -0.134. The van der Waals surface area contributed by atoms with Crippen LogP contribution in [0.3, 0.4) is 0 Å². The van der Waals surface area contributed by atoms with Crippen LogP contribution in [-0.4, -0.2) is 52.2 Å². The fraction of sp³-hybridized carbons (Fsp3) is 0.731. The molecule has 1 aromatic rings. The highest BCUT2D eigenvalue weighted by molar-refractivity contribution is 5.95. The number of aromatic nitrogens is 2. The third-order valence-electron chi connectivity index (χ3n) is 9.38. The zero-order valence-corrected chi connectivity index (χ0v) is 20.9. The summed E-state index contributed by atoms with van der Waals surface area (Å²) in [6.07, 6.45) is 10.6. The quantitative estimate of drug-likeness (QED) is 0.565. The summed E-state index contributed by atoms with van der Waals surface area (Å²) in [4.78, 5) is 25.1. The second-order valence-electron chi connectivity index (χ2n) is 12.1. The number of aliphatic hydroxyl groups is 1. The number of carbonyl (C=O) groups is 2. The van der Waals surface area contributed by atoms with Gasteiger partial charge in [0.25, 0.3) is 5.91 Å². The Morgan fingerprint density at radius 1 is 1.32 bits per heavy atom. The molecule has 4 aliphatic carbocycles. The van der Waals surface area contributed by atoms with E-state index in [0.717, 1.165) is 18.5 Å². The molecule has 4 aliphatic rings. The predicted octanol–water partition coefficient (Wildman–Crippen LogP) is 3.53. The van der Waals surface area contributed by atoms with Gasteiger partial charge in [-0.15, -0.1) is 0 Å². The number of hydrogen-bond acceptors (Lipinski definition) is 5. The number of nitrogens with zero attached hydrogens (tertiary/aromatic N) is 2. The third-order valence-corrected chi connectivity index (χ3v) is 9.38. The Hall–Kier alpha value is -2.35. The van der Waals surface area contributed by atoms with E-state index in [0.29, 0.717) is 29.9 Å². The fourth-order valence-electron chi connectivity index (χ4n) is 8.13. The molecule has 1 spiro atoms. The number of rotatable bonds is 7. The number of alkyl carbamates (subject to hydrolysis) is 1. The molecule has 34 heavy (non-hydrogen) atoms. The monoisotopic (exact) mass is 470 g/mol. The Labute approximate surface area is 201 Å². The van der Waals surface area contributed by atoms with E-state index in [2.05, 4.69) is 29.6 Å². The molecule has 8 nitrogen and oxygen atoms in total. The first-order chi connectivity index (χ1) is 16.0. The molecule has 3 bridgehead atoms. The number of aliphatic hydroxyl groups excluding tert-OH is 1. The number of carbonyl (C=O) groups excluding carboxylic acids is 2. The predicted molar refractivity (Wildman–Crippen MR) is 128 cm³/mol. The van der Waals surface area contributed by atoms with Gasteiger partial charge in [-0.3, -0.25) is 4.79 Å². The first kappa shape index (κ1) is 23.4. The van der Waals surface area contributed by atoms with Crippen LogP contribution in [0.2, 0.25) is 0 Å². The van der Waals surface area contributed by atoms with Crippen molar-refractivity contribution in [1.82, 2.24) is 20.4 Å². The third kappa shape index (κ3) is 3.32. The van der Waals surface area contributed by atoms with E-state index in [1.165, 1.54) is 26.4 Å². The lowest BCUT2D eigenvalue weighted by atomic mass is 9.46. The van der Waals surface area contributed by atoms with E-state index in [1.54, 1.807) is 17.1 Å². The summed E-state index contributed by atoms with van der Waals surface area (Å²) in [5, 5.41) is 20.9. The van der Waals surface area contributed by atoms with E-state index in [4.69, 9.17) is 4.74 Å². The highest BCUT2D eigenvalue weighted by atomic mass is 16.5. The summed E-state index contributed by atoms with van der Waals surface area (Å²) in [6, 6.07) is 0.194. The number of ether oxygens (including phenoxy) is 1. The van der Waals surface area contributed by atoms with E-state index in [-0.39, 0.29) is 28.7 Å². The number of fused-ring (bicyclic) bond motifs is 2. The summed E-state index contributed by atoms with van der Waals surface area (Å²) >= 11 is 0. The van der Waals surface area contributed by atoms with Gasteiger partial charge in [0.15, 0.2) is 0 Å². The first-order valence-electron chi connectivity index (χ1n) is 12.6. The second kappa shape index (κ2) is 7.83. The number of nitrogens with one attached hydrogen (secondary N) is 2. The van der Waals surface area contributed by atoms with E-state index < -0.39 is 11.6 Å². The van der Waals surface area contributed by atoms with E-state index in [9.17, 15) is 14.7 Å². The van der Waals surface area contributed by atoms with Crippen LogP contribution in [0.4, 0.5) is 4.79 Å². The molecule has 1 aromatic heterocycles. The average Bonchev–Trinajstić information content (AvgIpc) is 3.33. The summed E-state index contributed by atoms with van der Waals surface area (Å²) in [6.45, 7) is 8.13. The molecule has 0 aliphatic heterocycles. The van der Waals surface area contributed by atoms with Gasteiger partial charge in [-0.05, 0) is 81.1 Å². The van der Waals surface area contributed by atoms with Crippen LogP contribution >= 0.6 is 0 Å². The van der Waals surface area contributed by atoms with Crippen LogP contribution in [-0.2, 0) is 4.74 Å². The van der Waals surface area contributed by atoms with Crippen molar-refractivity contribution in [3.8, 4) is 0 Å². The molecule has 2 amide bonds. The van der Waals surface area contributed by atoms with Gasteiger partial charge in [0.2, 0.25) is 0 Å². The van der Waals surface area contributed by atoms with Crippen molar-refractivity contribution in [2.75, 3.05) is 13.7 Å². The molecular weight excluding hydrogens is 432 g/mol. The van der Waals surface area contributed by atoms with E-state index in [1.807, 2.05) is 19.9 Å². The molecule has 3 N–H and O–H groups in total. The van der Waals surface area contributed by atoms with Gasteiger partial charge >= 0.3 is 6.09 Å². The summed E-state index contributed by atoms with van der Waals surface area (Å²) in [5.41, 5.74) is 1.18. The highest BCUT2D eigenvalue weighted by Gasteiger charge is 2.76. The maximum absolute atomic E-state index is 13.5. The molecule has 1 heterocycles. The molecule has 0 saturated heterocycles. The van der Waals surface area contributed by atoms with Crippen molar-refractivity contribution in [1.29, 1.82) is 0 Å². The van der Waals surface area contributed by atoms with Crippen LogP contribution < -0.4 is 10.6 Å². The van der Waals surface area contributed by atoms with Crippen molar-refractivity contribution in [3.05, 3.63) is 23.5 Å². The zero-order chi connectivity index (χ0) is 24.5. The zero-order valence-electron chi connectivity index (χ0n) is 20.9. The molecule has 4 saturated carbocycles. The van der Waals surface area contributed by atoms with Crippen LogP contribution in [0.25, 0.3) is 6.20 Å². The molecule has 8 heteroatoms. The van der Waals surface area contributed by atoms with Crippen molar-refractivity contribution in [2.45, 2.75) is 77.3 Å². The maximum Gasteiger partial charge on any atom is 0.407 e. The molecule has 4 fully saturated rings. The van der Waals surface area contributed by atoms with Gasteiger partial charge in [0.1, 0.15) is 0 Å². The van der Waals surface area contributed by atoms with Crippen molar-refractivity contribution in [3.63, 3.8) is 0 Å². The molecule has 0 aromatic carbocycles. The lowest BCUT2D eigenvalue weighted by Crippen LogP contribution is -2.59. The highest BCUT2D eigenvalue weighted by Crippen LogP contribution is 2.80. The van der Waals surface area contributed by atoms with Crippen LogP contribution in [0.1, 0.15) is 81.8 Å². The Morgan fingerprint density at radius 2 is 2.09 bits per heavy atom. The largest absolute Gasteiger partial charge is 0.453 e. The molecule has 5 rings (SSSR count). The van der Waals surface area contributed by atoms with Crippen LogP contribution in [0, 0.1) is 28.6 Å². The maximum atomic E-state index is 13.5. The fourth-order valence-corrected chi connectivity index (χ4v) is 8.13. The topological polar surface area (TPSA) is 105 Å². The molecule has 186 valence electrons. The Kier molecular flexibility index (Phi) is 5.39. The number of hydrogen-bond donors (Lipinski definition) is 3. The van der Waals surface area contributed by atoms with Gasteiger partial charge in [-0.1, -0.05) is 13.8 Å². The number of amides is 2. The molecular formula is C26H38N4O4. The van der Waals surface area contributed by atoms with Crippen LogP contribution in [0.5, 0.6) is 0 Å². The van der Waals surface area contributed by atoms with Gasteiger partial charge < -0.3 is 20.5 Å². The Bertz CT molecular complexity index is 1030. The van der Waals surface area contributed by atoms with Gasteiger partial charge in [0.05, 0.1) is 30.1 Å². The number of methoxy groups -OCH3 is 1. The smallest absolute Gasteiger partial charge is 0.407 e. The lowest BCUT2D eigenvalue weighted by Gasteiger charge is -2.59. The minimum Gasteiger partial charge on any atom is -0.453 e. The summed E-state index contributed by atoms with van der Waals surface area (Å²) < 4.78 is 6.43. The normalized spacial score (nSPS) is 35.5. The van der Waals surface area contributed by atoms with Crippen molar-refractivity contribution < 1.29 is 19.4 Å². The SMILES string of the molecule is COC(=O)NC(C)(C)/C=C/n1ncc(C(=O)NC2C3CC4CC5(C3)C2C[C@@]5(CO)C4)c1C(C)C. The second-order valence-corrected chi connectivity index (χ2v) is 12.1. The van der Waals surface area contributed by atoms with Gasteiger partial charge in [0, 0.05) is 24.3 Å². The Morgan fingerprint density at radius 3 is 2.76 bits per heavy atom. The van der Waals surface area contributed by atoms with Gasteiger partial charge in [-0.25, -0.2) is 9.48 Å². The molecule has 6 atom stereocenters. The first-order valence-corrected chi connectivity index (χ1v) is 12.6. The minimum absolute atomic E-state index is 0.0541. The van der Waals surface area contributed by atoms with E-state index >= 15 is 0 Å². The van der Waals surface area contributed by atoms with Gasteiger partial charge in [-0.2, -0.15) is 5.10 Å². The summed E-state index contributed by atoms with van der Waals surface area (Å²) in [5.74, 6) is 1.75. The minimum atomic E-state index is -0.640.